The predicted octanol–water partition coefficient (Wildman–Crippen LogP) is 19.4. The second kappa shape index (κ2) is 56.0. The van der Waals surface area contributed by atoms with E-state index in [2.05, 4.69) is 69.4 Å². The monoisotopic (exact) mass is 939 g/mol. The fourth-order valence-electron chi connectivity index (χ4n) is 8.45. The molecule has 6 heteroatoms. The number of carbonyl (C=O) groups excluding carboxylic acids is 3. The number of carbonyl (C=O) groups is 3. The summed E-state index contributed by atoms with van der Waals surface area (Å²) in [5.74, 6) is -0.880. The van der Waals surface area contributed by atoms with Gasteiger partial charge in [-0.1, -0.05) is 256 Å². The van der Waals surface area contributed by atoms with Crippen LogP contribution in [0.3, 0.4) is 0 Å². The molecule has 0 aromatic rings. The summed E-state index contributed by atoms with van der Waals surface area (Å²) in [5.41, 5.74) is 0. The van der Waals surface area contributed by atoms with Crippen molar-refractivity contribution in [3.63, 3.8) is 0 Å². The summed E-state index contributed by atoms with van der Waals surface area (Å²) in [5, 5.41) is 0. The molecule has 67 heavy (non-hydrogen) atoms. The number of hydrogen-bond donors (Lipinski definition) is 0. The van der Waals surface area contributed by atoms with Crippen LogP contribution < -0.4 is 0 Å². The molecular weight excluding hydrogens is 829 g/mol. The smallest absolute Gasteiger partial charge is 0.306 e. The van der Waals surface area contributed by atoms with Crippen LogP contribution in [0, 0.1) is 0 Å². The van der Waals surface area contributed by atoms with Crippen molar-refractivity contribution in [3.8, 4) is 0 Å². The number of esters is 3. The van der Waals surface area contributed by atoms with E-state index in [0.29, 0.717) is 19.3 Å². The van der Waals surface area contributed by atoms with Crippen LogP contribution in [-0.4, -0.2) is 37.2 Å². The minimum absolute atomic E-state index is 0.0772. The molecule has 0 saturated carbocycles. The first kappa shape index (κ1) is 64.4. The molecule has 0 N–H and O–H groups in total. The zero-order chi connectivity index (χ0) is 48.6. The van der Waals surface area contributed by atoms with Crippen LogP contribution in [-0.2, 0) is 28.6 Å². The molecule has 0 aliphatic heterocycles. The Kier molecular flexibility index (Phi) is 53.8. The summed E-state index contributed by atoms with van der Waals surface area (Å²) in [6.07, 6.45) is 68.2. The molecule has 0 bridgehead atoms. The lowest BCUT2D eigenvalue weighted by Crippen LogP contribution is -2.30. The number of allylic oxidation sites excluding steroid dienone is 8. The van der Waals surface area contributed by atoms with Crippen LogP contribution in [0.4, 0.5) is 0 Å². The third-order valence-corrected chi connectivity index (χ3v) is 12.8. The Balaban J connectivity index is 4.31. The Morgan fingerprint density at radius 2 is 0.582 bits per heavy atom. The quantitative estimate of drug-likeness (QED) is 0.0262. The third kappa shape index (κ3) is 54.2. The van der Waals surface area contributed by atoms with Crippen LogP contribution in [0.1, 0.15) is 303 Å². The Labute approximate surface area is 416 Å². The maximum atomic E-state index is 12.8. The second-order valence-corrected chi connectivity index (χ2v) is 19.5. The zero-order valence-corrected chi connectivity index (χ0v) is 44.7. The van der Waals surface area contributed by atoms with E-state index in [1.54, 1.807) is 0 Å². The van der Waals surface area contributed by atoms with E-state index in [4.69, 9.17) is 14.2 Å². The molecule has 0 rings (SSSR count). The summed E-state index contributed by atoms with van der Waals surface area (Å²) >= 11 is 0. The average Bonchev–Trinajstić information content (AvgIpc) is 3.33. The second-order valence-electron chi connectivity index (χ2n) is 19.5. The number of rotatable bonds is 53. The molecular formula is C61H110O6. The van der Waals surface area contributed by atoms with Crippen LogP contribution in [0.15, 0.2) is 48.6 Å². The van der Waals surface area contributed by atoms with E-state index in [-0.39, 0.29) is 31.1 Å². The molecule has 0 aromatic carbocycles. The van der Waals surface area contributed by atoms with Gasteiger partial charge in [-0.25, -0.2) is 0 Å². The fourth-order valence-corrected chi connectivity index (χ4v) is 8.45. The molecule has 0 heterocycles. The van der Waals surface area contributed by atoms with Gasteiger partial charge in [-0.2, -0.15) is 0 Å². The van der Waals surface area contributed by atoms with Crippen molar-refractivity contribution in [1.82, 2.24) is 0 Å². The lowest BCUT2D eigenvalue weighted by molar-refractivity contribution is -0.167. The molecule has 0 fully saturated rings. The minimum Gasteiger partial charge on any atom is -0.462 e. The van der Waals surface area contributed by atoms with E-state index < -0.39 is 6.10 Å². The van der Waals surface area contributed by atoms with Gasteiger partial charge in [0.25, 0.3) is 0 Å². The highest BCUT2D eigenvalue weighted by atomic mass is 16.6. The highest BCUT2D eigenvalue weighted by molar-refractivity contribution is 5.71. The van der Waals surface area contributed by atoms with Gasteiger partial charge in [0, 0.05) is 19.3 Å². The summed E-state index contributed by atoms with van der Waals surface area (Å²) in [4.78, 5) is 38.1. The van der Waals surface area contributed by atoms with E-state index in [0.717, 1.165) is 96.3 Å². The van der Waals surface area contributed by atoms with Gasteiger partial charge in [-0.15, -0.1) is 0 Å². The molecule has 1 atom stereocenters. The van der Waals surface area contributed by atoms with Crippen LogP contribution in [0.2, 0.25) is 0 Å². The number of ether oxygens (including phenoxy) is 3. The zero-order valence-electron chi connectivity index (χ0n) is 44.7. The van der Waals surface area contributed by atoms with Gasteiger partial charge in [0.05, 0.1) is 0 Å². The molecule has 0 aromatic heterocycles. The first-order chi connectivity index (χ1) is 33.0. The van der Waals surface area contributed by atoms with E-state index in [1.165, 1.54) is 167 Å². The fraction of sp³-hybridized carbons (Fsp3) is 0.820. The van der Waals surface area contributed by atoms with E-state index >= 15 is 0 Å². The van der Waals surface area contributed by atoms with Crippen LogP contribution in [0.25, 0.3) is 0 Å². The molecule has 0 radical (unpaired) electrons. The van der Waals surface area contributed by atoms with Crippen molar-refractivity contribution in [1.29, 1.82) is 0 Å². The van der Waals surface area contributed by atoms with Crippen molar-refractivity contribution < 1.29 is 28.6 Å². The maximum absolute atomic E-state index is 12.8. The van der Waals surface area contributed by atoms with Crippen LogP contribution in [0.5, 0.6) is 0 Å². The number of hydrogen-bond acceptors (Lipinski definition) is 6. The topological polar surface area (TPSA) is 78.9 Å². The lowest BCUT2D eigenvalue weighted by Gasteiger charge is -2.18. The van der Waals surface area contributed by atoms with Crippen molar-refractivity contribution in [3.05, 3.63) is 48.6 Å². The van der Waals surface area contributed by atoms with Gasteiger partial charge in [-0.05, 0) is 77.0 Å². The molecule has 0 saturated heterocycles. The Bertz CT molecular complexity index is 1170. The summed E-state index contributed by atoms with van der Waals surface area (Å²) in [6, 6.07) is 0. The van der Waals surface area contributed by atoms with E-state index in [1.807, 2.05) is 0 Å². The summed E-state index contributed by atoms with van der Waals surface area (Å²) in [7, 11) is 0. The molecule has 0 aliphatic rings. The molecule has 0 unspecified atom stereocenters. The van der Waals surface area contributed by atoms with Crippen molar-refractivity contribution in [2.24, 2.45) is 0 Å². The van der Waals surface area contributed by atoms with Gasteiger partial charge >= 0.3 is 17.9 Å². The molecule has 0 aliphatic carbocycles. The molecule has 0 spiro atoms. The maximum Gasteiger partial charge on any atom is 0.306 e. The Hall–Kier alpha value is -2.63. The van der Waals surface area contributed by atoms with Crippen molar-refractivity contribution >= 4 is 17.9 Å². The average molecular weight is 940 g/mol. The largest absolute Gasteiger partial charge is 0.462 e. The van der Waals surface area contributed by atoms with Gasteiger partial charge in [0.1, 0.15) is 13.2 Å². The first-order valence-electron chi connectivity index (χ1n) is 29.1. The van der Waals surface area contributed by atoms with Crippen LogP contribution >= 0.6 is 0 Å². The van der Waals surface area contributed by atoms with Gasteiger partial charge in [0.15, 0.2) is 6.10 Å². The summed E-state index contributed by atoms with van der Waals surface area (Å²) < 4.78 is 16.9. The molecule has 6 nitrogen and oxygen atoms in total. The van der Waals surface area contributed by atoms with Crippen molar-refractivity contribution in [2.45, 2.75) is 309 Å². The van der Waals surface area contributed by atoms with E-state index in [9.17, 15) is 14.4 Å². The normalized spacial score (nSPS) is 12.3. The lowest BCUT2D eigenvalue weighted by atomic mass is 10.0. The standard InChI is InChI=1S/C61H110O6/c1-4-7-10-13-16-19-22-25-27-28-29-30-31-32-34-36-39-42-45-48-51-54-60(63)66-57-58(56-65-59(62)53-50-47-44-41-38-35-24-21-18-15-12-9-6-3)67-61(64)55-52-49-46-43-40-37-33-26-23-20-17-14-11-8-5-2/h8,11,17,20,25-27,33,58H,4-7,9-10,12-16,18-19,21-24,28-32,34-57H2,1-3H3/b11-8-,20-17-,27-25-,33-26-/t58-/m0/s1. The van der Waals surface area contributed by atoms with Gasteiger partial charge in [0.2, 0.25) is 0 Å². The van der Waals surface area contributed by atoms with Gasteiger partial charge < -0.3 is 14.2 Å². The number of unbranched alkanes of at least 4 members (excludes halogenated alkanes) is 34. The molecule has 0 amide bonds. The molecule has 390 valence electrons. The summed E-state index contributed by atoms with van der Waals surface area (Å²) in [6.45, 7) is 6.54. The SMILES string of the molecule is CC/C=C\C/C=C\C/C=C\CCCCCCCC(=O)O[C@H](COC(=O)CCCCCCCCCCCCC/C=C\CCCCCCCC)COC(=O)CCCCCCCCCCCCCCC. The Morgan fingerprint density at radius 3 is 0.925 bits per heavy atom. The minimum atomic E-state index is -0.780. The predicted molar refractivity (Wildman–Crippen MR) is 289 cm³/mol. The Morgan fingerprint density at radius 1 is 0.313 bits per heavy atom. The van der Waals surface area contributed by atoms with Crippen molar-refractivity contribution in [2.75, 3.05) is 13.2 Å². The first-order valence-corrected chi connectivity index (χ1v) is 29.1. The third-order valence-electron chi connectivity index (χ3n) is 12.8. The van der Waals surface area contributed by atoms with Gasteiger partial charge in [-0.3, -0.25) is 14.4 Å². The highest BCUT2D eigenvalue weighted by Crippen LogP contribution is 2.16. The highest BCUT2D eigenvalue weighted by Gasteiger charge is 2.19.